The van der Waals surface area contributed by atoms with E-state index >= 15 is 0 Å². The number of rotatable bonds is 3. The van der Waals surface area contributed by atoms with E-state index in [0.29, 0.717) is 19.0 Å². The highest BCUT2D eigenvalue weighted by Crippen LogP contribution is 2.21. The molecule has 0 saturated carbocycles. The van der Waals surface area contributed by atoms with E-state index in [9.17, 15) is 8.42 Å². The van der Waals surface area contributed by atoms with E-state index in [1.54, 1.807) is 12.3 Å². The van der Waals surface area contributed by atoms with Crippen molar-refractivity contribution in [1.82, 2.24) is 14.3 Å². The molecule has 106 valence electrons. The normalized spacial score (nSPS) is 21.3. The molecular formula is C11H18N4O3S. The van der Waals surface area contributed by atoms with Gasteiger partial charge in [-0.1, -0.05) is 0 Å². The van der Waals surface area contributed by atoms with Gasteiger partial charge in [0.1, 0.15) is 11.9 Å². The van der Waals surface area contributed by atoms with Gasteiger partial charge in [-0.2, -0.15) is 4.31 Å². The van der Waals surface area contributed by atoms with Crippen LogP contribution >= 0.6 is 0 Å². The Kier molecular flexibility index (Phi) is 4.02. The molecule has 2 rings (SSSR count). The van der Waals surface area contributed by atoms with Gasteiger partial charge in [0.05, 0.1) is 12.9 Å². The molecule has 19 heavy (non-hydrogen) atoms. The maximum absolute atomic E-state index is 11.6. The van der Waals surface area contributed by atoms with Crippen LogP contribution in [0.1, 0.15) is 11.9 Å². The summed E-state index contributed by atoms with van der Waals surface area (Å²) in [6.45, 7) is 0.992. The van der Waals surface area contributed by atoms with Crippen molar-refractivity contribution >= 4 is 15.8 Å². The summed E-state index contributed by atoms with van der Waals surface area (Å²) in [5.41, 5.74) is 0. The Morgan fingerprint density at radius 2 is 2.21 bits per heavy atom. The Labute approximate surface area is 113 Å². The van der Waals surface area contributed by atoms with Gasteiger partial charge >= 0.3 is 0 Å². The summed E-state index contributed by atoms with van der Waals surface area (Å²) in [4.78, 5) is 10.4. The molecule has 0 bridgehead atoms. The molecule has 0 aromatic carbocycles. The van der Waals surface area contributed by atoms with Crippen LogP contribution in [0.2, 0.25) is 0 Å². The Morgan fingerprint density at radius 3 is 2.84 bits per heavy atom. The first kappa shape index (κ1) is 14.2. The molecular weight excluding hydrogens is 268 g/mol. The molecule has 0 N–H and O–H groups in total. The van der Waals surface area contributed by atoms with Crippen LogP contribution in [0, 0.1) is 0 Å². The van der Waals surface area contributed by atoms with Crippen LogP contribution in [-0.4, -0.2) is 62.7 Å². The second-order valence-electron chi connectivity index (χ2n) is 4.65. The predicted molar refractivity (Wildman–Crippen MR) is 71.5 cm³/mol. The van der Waals surface area contributed by atoms with Gasteiger partial charge < -0.3 is 9.64 Å². The van der Waals surface area contributed by atoms with Crippen molar-refractivity contribution in [1.29, 1.82) is 0 Å². The minimum Gasteiger partial charge on any atom is -0.367 e. The topological polar surface area (TPSA) is 75.6 Å². The zero-order valence-electron chi connectivity index (χ0n) is 11.3. The van der Waals surface area contributed by atoms with E-state index in [4.69, 9.17) is 4.74 Å². The standard InChI is InChI=1S/C11H18N4O3S/c1-14(2)10-4-5-12-11(13-10)9-8-15(6-7-18-9)19(3,16)17/h4-5,9H,6-8H2,1-3H3. The molecule has 0 radical (unpaired) electrons. The molecule has 1 aromatic rings. The van der Waals surface area contributed by atoms with Crippen LogP contribution < -0.4 is 4.90 Å². The van der Waals surface area contributed by atoms with Gasteiger partial charge in [0.25, 0.3) is 0 Å². The lowest BCUT2D eigenvalue weighted by atomic mass is 10.3. The molecule has 0 spiro atoms. The van der Waals surface area contributed by atoms with Gasteiger partial charge in [0.15, 0.2) is 5.82 Å². The van der Waals surface area contributed by atoms with Crippen molar-refractivity contribution in [3.05, 3.63) is 18.1 Å². The lowest BCUT2D eigenvalue weighted by Crippen LogP contribution is -2.42. The summed E-state index contributed by atoms with van der Waals surface area (Å²) in [6, 6.07) is 1.79. The third-order valence-corrected chi connectivity index (χ3v) is 4.17. The van der Waals surface area contributed by atoms with E-state index in [0.717, 1.165) is 5.82 Å². The van der Waals surface area contributed by atoms with E-state index in [1.807, 2.05) is 19.0 Å². The number of ether oxygens (including phenoxy) is 1. The van der Waals surface area contributed by atoms with Crippen LogP contribution in [0.25, 0.3) is 0 Å². The quantitative estimate of drug-likeness (QED) is 0.771. The van der Waals surface area contributed by atoms with Crippen molar-refractivity contribution in [3.63, 3.8) is 0 Å². The second-order valence-corrected chi connectivity index (χ2v) is 6.63. The molecule has 2 heterocycles. The summed E-state index contributed by atoms with van der Waals surface area (Å²) >= 11 is 0. The van der Waals surface area contributed by atoms with Crippen molar-refractivity contribution in [2.75, 3.05) is 44.9 Å². The zero-order valence-corrected chi connectivity index (χ0v) is 12.1. The molecule has 1 aromatic heterocycles. The third-order valence-electron chi connectivity index (χ3n) is 2.90. The predicted octanol–water partition coefficient (Wildman–Crippen LogP) is -0.124. The number of sulfonamides is 1. The Hall–Kier alpha value is -1.25. The summed E-state index contributed by atoms with van der Waals surface area (Å²) in [6.07, 6.45) is 2.44. The lowest BCUT2D eigenvalue weighted by Gasteiger charge is -2.30. The van der Waals surface area contributed by atoms with Gasteiger partial charge in [-0.15, -0.1) is 0 Å². The molecule has 7 nitrogen and oxygen atoms in total. The fraction of sp³-hybridized carbons (Fsp3) is 0.636. The smallest absolute Gasteiger partial charge is 0.211 e. The monoisotopic (exact) mass is 286 g/mol. The average Bonchev–Trinajstić information content (AvgIpc) is 2.38. The number of nitrogens with zero attached hydrogens (tertiary/aromatic N) is 4. The molecule has 8 heteroatoms. The summed E-state index contributed by atoms with van der Waals surface area (Å²) < 4.78 is 30.1. The summed E-state index contributed by atoms with van der Waals surface area (Å²) in [7, 11) is 0.565. The van der Waals surface area contributed by atoms with E-state index in [-0.39, 0.29) is 6.54 Å². The number of morpholine rings is 1. The molecule has 1 saturated heterocycles. The molecule has 1 atom stereocenters. The lowest BCUT2D eigenvalue weighted by molar-refractivity contribution is -0.00727. The largest absolute Gasteiger partial charge is 0.367 e. The van der Waals surface area contributed by atoms with Crippen LogP contribution in [0.5, 0.6) is 0 Å². The minimum atomic E-state index is -3.21. The molecule has 1 aliphatic heterocycles. The first-order valence-corrected chi connectivity index (χ1v) is 7.80. The average molecular weight is 286 g/mol. The summed E-state index contributed by atoms with van der Waals surface area (Å²) in [5.74, 6) is 1.28. The molecule has 1 fully saturated rings. The second kappa shape index (κ2) is 5.40. The van der Waals surface area contributed by atoms with Crippen molar-refractivity contribution in [3.8, 4) is 0 Å². The maximum Gasteiger partial charge on any atom is 0.211 e. The van der Waals surface area contributed by atoms with Crippen LogP contribution in [0.15, 0.2) is 12.3 Å². The van der Waals surface area contributed by atoms with Crippen LogP contribution in [0.3, 0.4) is 0 Å². The number of hydrogen-bond acceptors (Lipinski definition) is 6. The first-order chi connectivity index (χ1) is 8.88. The highest BCUT2D eigenvalue weighted by Gasteiger charge is 2.29. The molecule has 1 aliphatic rings. The molecule has 0 aliphatic carbocycles. The SMILES string of the molecule is CN(C)c1ccnc(C2CN(S(C)(=O)=O)CCO2)n1. The van der Waals surface area contributed by atoms with E-state index in [2.05, 4.69) is 9.97 Å². The maximum atomic E-state index is 11.6. The van der Waals surface area contributed by atoms with Crippen molar-refractivity contribution < 1.29 is 13.2 Å². The Balaban J connectivity index is 2.20. The third kappa shape index (κ3) is 3.40. The van der Waals surface area contributed by atoms with Gasteiger partial charge in [-0.05, 0) is 6.07 Å². The van der Waals surface area contributed by atoms with E-state index in [1.165, 1.54) is 10.6 Å². The number of hydrogen-bond donors (Lipinski definition) is 0. The van der Waals surface area contributed by atoms with Gasteiger partial charge in [0.2, 0.25) is 10.0 Å². The van der Waals surface area contributed by atoms with Crippen LogP contribution in [-0.2, 0) is 14.8 Å². The highest BCUT2D eigenvalue weighted by atomic mass is 32.2. The molecule has 0 amide bonds. The molecule has 1 unspecified atom stereocenters. The fourth-order valence-electron chi connectivity index (χ4n) is 1.85. The Bertz CT molecular complexity index is 547. The number of anilines is 1. The van der Waals surface area contributed by atoms with E-state index < -0.39 is 16.1 Å². The van der Waals surface area contributed by atoms with Gasteiger partial charge in [-0.3, -0.25) is 0 Å². The van der Waals surface area contributed by atoms with Crippen LogP contribution in [0.4, 0.5) is 5.82 Å². The highest BCUT2D eigenvalue weighted by molar-refractivity contribution is 7.88. The number of aromatic nitrogens is 2. The minimum absolute atomic E-state index is 0.260. The zero-order chi connectivity index (χ0) is 14.0. The van der Waals surface area contributed by atoms with Gasteiger partial charge in [0, 0.05) is 33.4 Å². The fourth-order valence-corrected chi connectivity index (χ4v) is 2.66. The van der Waals surface area contributed by atoms with Crippen molar-refractivity contribution in [2.45, 2.75) is 6.10 Å². The van der Waals surface area contributed by atoms with Gasteiger partial charge in [-0.25, -0.2) is 18.4 Å². The summed E-state index contributed by atoms with van der Waals surface area (Å²) in [5, 5.41) is 0. The first-order valence-electron chi connectivity index (χ1n) is 5.95. The Morgan fingerprint density at radius 1 is 1.47 bits per heavy atom. The van der Waals surface area contributed by atoms with Crippen molar-refractivity contribution in [2.24, 2.45) is 0 Å².